The molecule has 1 saturated heterocycles. The van der Waals surface area contributed by atoms with Crippen LogP contribution in [0.15, 0.2) is 12.1 Å². The maximum absolute atomic E-state index is 12.5. The van der Waals surface area contributed by atoms with Crippen LogP contribution in [-0.4, -0.2) is 72.7 Å². The average molecular weight is 547 g/mol. The van der Waals surface area contributed by atoms with Gasteiger partial charge in [-0.2, -0.15) is 5.26 Å². The highest BCUT2D eigenvalue weighted by atomic mass is 32.1. The van der Waals surface area contributed by atoms with Crippen LogP contribution < -0.4 is 0 Å². The largest absolute Gasteiger partial charge is 0.460 e. The van der Waals surface area contributed by atoms with Crippen LogP contribution in [0.5, 0.6) is 0 Å². The molecule has 0 radical (unpaired) electrons. The number of thiophene rings is 1. The number of esters is 1. The van der Waals surface area contributed by atoms with Crippen molar-refractivity contribution in [3.8, 4) is 6.07 Å². The molecule has 5 atom stereocenters. The van der Waals surface area contributed by atoms with E-state index in [9.17, 15) is 20.3 Å². The smallest absolute Gasteiger partial charge is 0.348 e. The lowest BCUT2D eigenvalue weighted by atomic mass is 9.62. The number of nitrogens with zero attached hydrogens (tertiary/aromatic N) is 2. The highest BCUT2D eigenvalue weighted by Gasteiger charge is 2.43. The summed E-state index contributed by atoms with van der Waals surface area (Å²) in [5.74, 6) is -0.0346. The Labute approximate surface area is 232 Å². The second-order valence-electron chi connectivity index (χ2n) is 11.6. The summed E-state index contributed by atoms with van der Waals surface area (Å²) in [6.45, 7) is 6.55. The van der Waals surface area contributed by atoms with E-state index >= 15 is 0 Å². The van der Waals surface area contributed by atoms with Gasteiger partial charge in [-0.3, -0.25) is 4.90 Å². The molecule has 7 nitrogen and oxygen atoms in total. The second-order valence-corrected chi connectivity index (χ2v) is 12.8. The number of carbonyl (C=O) groups excluding carboxylic acids is 1. The van der Waals surface area contributed by atoms with Gasteiger partial charge in [0.25, 0.3) is 0 Å². The van der Waals surface area contributed by atoms with E-state index in [-0.39, 0.29) is 35.2 Å². The Morgan fingerprint density at radius 2 is 2.03 bits per heavy atom. The van der Waals surface area contributed by atoms with Crippen LogP contribution >= 0.6 is 11.3 Å². The summed E-state index contributed by atoms with van der Waals surface area (Å²) in [6.07, 6.45) is 9.68. The lowest BCUT2D eigenvalue weighted by Crippen LogP contribution is -2.40. The first-order valence-electron chi connectivity index (χ1n) is 14.8. The number of hydrogen-bond donors (Lipinski definition) is 2. The van der Waals surface area contributed by atoms with Crippen LogP contribution in [0.2, 0.25) is 0 Å². The van der Waals surface area contributed by atoms with Gasteiger partial charge in [0.15, 0.2) is 0 Å². The number of aliphatic hydroxyl groups is 2. The van der Waals surface area contributed by atoms with Crippen LogP contribution in [-0.2, 0) is 15.9 Å². The first kappa shape index (κ1) is 29.5. The number of carbonyl (C=O) groups is 1. The average Bonchev–Trinajstić information content (AvgIpc) is 3.49. The molecule has 1 aromatic rings. The van der Waals surface area contributed by atoms with Crippen molar-refractivity contribution in [2.45, 2.75) is 89.8 Å². The van der Waals surface area contributed by atoms with Gasteiger partial charge in [-0.1, -0.05) is 19.8 Å². The van der Waals surface area contributed by atoms with Gasteiger partial charge in [0.1, 0.15) is 11.5 Å². The molecule has 2 aliphatic carbocycles. The van der Waals surface area contributed by atoms with Gasteiger partial charge >= 0.3 is 5.97 Å². The monoisotopic (exact) mass is 546 g/mol. The highest BCUT2D eigenvalue weighted by molar-refractivity contribution is 7.13. The normalized spacial score (nSPS) is 27.9. The van der Waals surface area contributed by atoms with Crippen LogP contribution in [0.1, 0.15) is 85.7 Å². The molecule has 3 fully saturated rings. The Kier molecular flexibility index (Phi) is 11.0. The fraction of sp³-hybridized carbons (Fsp3) is 0.800. The molecule has 0 spiro atoms. The van der Waals surface area contributed by atoms with Gasteiger partial charge in [0, 0.05) is 24.5 Å². The molecule has 1 aromatic heterocycles. The molecular weight excluding hydrogens is 500 g/mol. The topological polar surface area (TPSA) is 103 Å². The summed E-state index contributed by atoms with van der Waals surface area (Å²) in [4.78, 5) is 16.5. The Morgan fingerprint density at radius 1 is 1.26 bits per heavy atom. The number of aryl methyl sites for hydroxylation is 1. The predicted octanol–water partition coefficient (Wildman–Crippen LogP) is 4.81. The minimum atomic E-state index is -0.425. The fourth-order valence-electron chi connectivity index (χ4n) is 6.87. The quantitative estimate of drug-likeness (QED) is 0.323. The lowest BCUT2D eigenvalue weighted by Gasteiger charge is -2.45. The van der Waals surface area contributed by atoms with Crippen molar-refractivity contribution in [2.24, 2.45) is 23.2 Å². The number of hydrogen-bond acceptors (Lipinski definition) is 8. The second kappa shape index (κ2) is 14.2. The zero-order chi connectivity index (χ0) is 27.0. The number of rotatable bonds is 14. The van der Waals surface area contributed by atoms with E-state index in [1.54, 1.807) is 0 Å². The highest BCUT2D eigenvalue weighted by Crippen LogP contribution is 2.48. The van der Waals surface area contributed by atoms with Gasteiger partial charge in [-0.25, -0.2) is 4.79 Å². The van der Waals surface area contributed by atoms with Gasteiger partial charge in [0.2, 0.25) is 0 Å². The van der Waals surface area contributed by atoms with Crippen LogP contribution in [0.25, 0.3) is 0 Å². The van der Waals surface area contributed by atoms with Gasteiger partial charge in [-0.05, 0) is 87.2 Å². The standard InChI is InChI=1S/C30H46N2O5S/c1-2-30(12-5-13-30)28(34)9-4-8-25-24(22(21-31)20-26(25)33)7-3-6-23-10-11-27(38-23)29(35)37-19-16-32-14-17-36-18-15-32/h10-11,22,24-26,28,33-34H,2-9,12-20H2,1H3/t22-,24-,25+,26+,28?/m0/s1. The first-order valence-corrected chi connectivity index (χ1v) is 15.6. The number of aliphatic hydroxyl groups excluding tert-OH is 2. The van der Waals surface area contributed by atoms with Crippen LogP contribution in [0.3, 0.4) is 0 Å². The van der Waals surface area contributed by atoms with Crippen molar-refractivity contribution in [1.82, 2.24) is 4.90 Å². The number of nitriles is 1. The first-order chi connectivity index (χ1) is 18.5. The molecule has 1 aliphatic heterocycles. The molecule has 4 rings (SSSR count). The molecule has 212 valence electrons. The van der Waals surface area contributed by atoms with Gasteiger partial charge in [0.05, 0.1) is 37.4 Å². The zero-order valence-corrected chi connectivity index (χ0v) is 23.8. The van der Waals surface area contributed by atoms with E-state index in [1.807, 2.05) is 12.1 Å². The molecule has 0 amide bonds. The van der Waals surface area contributed by atoms with Gasteiger partial charge < -0.3 is 19.7 Å². The van der Waals surface area contributed by atoms with E-state index in [0.717, 1.165) is 95.5 Å². The summed E-state index contributed by atoms with van der Waals surface area (Å²) >= 11 is 1.50. The Bertz CT molecular complexity index is 914. The Balaban J connectivity index is 1.20. The maximum atomic E-state index is 12.5. The van der Waals surface area contributed by atoms with Crippen LogP contribution in [0, 0.1) is 34.5 Å². The van der Waals surface area contributed by atoms with Gasteiger partial charge in [-0.15, -0.1) is 11.3 Å². The van der Waals surface area contributed by atoms with E-state index in [2.05, 4.69) is 17.9 Å². The zero-order valence-electron chi connectivity index (χ0n) is 23.0. The molecule has 0 aromatic carbocycles. The minimum Gasteiger partial charge on any atom is -0.460 e. The summed E-state index contributed by atoms with van der Waals surface area (Å²) in [6, 6.07) is 6.32. The lowest BCUT2D eigenvalue weighted by molar-refractivity contribution is -0.0444. The summed E-state index contributed by atoms with van der Waals surface area (Å²) in [5.41, 5.74) is 0.123. The molecule has 8 heteroatoms. The van der Waals surface area contributed by atoms with E-state index < -0.39 is 6.10 Å². The third-order valence-corrected chi connectivity index (χ3v) is 10.7. The molecule has 1 unspecified atom stereocenters. The number of morpholine rings is 1. The molecular formula is C30H46N2O5S. The SMILES string of the molecule is CCC1(C(O)CCC[C@@H]2[C@@H](CCCc3ccc(C(=O)OCCN4CCOCC4)s3)[C@H](C#N)C[C@H]2O)CCC1. The summed E-state index contributed by atoms with van der Waals surface area (Å²) in [5, 5.41) is 31.3. The predicted molar refractivity (Wildman–Crippen MR) is 148 cm³/mol. The van der Waals surface area contributed by atoms with Crippen molar-refractivity contribution < 1.29 is 24.5 Å². The van der Waals surface area contributed by atoms with Crippen molar-refractivity contribution in [2.75, 3.05) is 39.5 Å². The third-order valence-electron chi connectivity index (χ3n) is 9.57. The van der Waals surface area contributed by atoms with Crippen molar-refractivity contribution >= 4 is 17.3 Å². The summed E-state index contributed by atoms with van der Waals surface area (Å²) in [7, 11) is 0. The van der Waals surface area contributed by atoms with Crippen LogP contribution in [0.4, 0.5) is 0 Å². The molecule has 38 heavy (non-hydrogen) atoms. The van der Waals surface area contributed by atoms with Crippen molar-refractivity contribution in [3.63, 3.8) is 0 Å². The molecule has 2 N–H and O–H groups in total. The molecule has 2 heterocycles. The van der Waals surface area contributed by atoms with E-state index in [0.29, 0.717) is 17.9 Å². The minimum absolute atomic E-state index is 0.103. The fourth-order valence-corrected chi connectivity index (χ4v) is 7.81. The van der Waals surface area contributed by atoms with E-state index in [1.165, 1.54) is 17.8 Å². The Hall–Kier alpha value is -1.50. The third kappa shape index (κ3) is 7.37. The van der Waals surface area contributed by atoms with Crippen molar-refractivity contribution in [3.05, 3.63) is 21.9 Å². The Morgan fingerprint density at radius 3 is 2.71 bits per heavy atom. The summed E-state index contributed by atoms with van der Waals surface area (Å²) < 4.78 is 10.8. The molecule has 0 bridgehead atoms. The van der Waals surface area contributed by atoms with E-state index in [4.69, 9.17) is 9.47 Å². The maximum Gasteiger partial charge on any atom is 0.348 e. The number of ether oxygens (including phenoxy) is 2. The molecule has 2 saturated carbocycles. The van der Waals surface area contributed by atoms with Crippen molar-refractivity contribution in [1.29, 1.82) is 5.26 Å². The molecule has 3 aliphatic rings.